The normalized spacial score (nSPS) is 18.2. The Morgan fingerprint density at radius 1 is 1.02 bits per heavy atom. The quantitative estimate of drug-likeness (QED) is 0.0660. The molecule has 1 aliphatic rings. The van der Waals surface area contributed by atoms with E-state index < -0.39 is 49.4 Å². The number of likely N-dealkylation sites (tertiary alicyclic amines) is 1. The van der Waals surface area contributed by atoms with Crippen LogP contribution in [-0.4, -0.2) is 102 Å². The first kappa shape index (κ1) is 48.0. The van der Waals surface area contributed by atoms with Crippen LogP contribution in [0.4, 0.5) is 5.69 Å². The number of hydrogen-bond acceptors (Lipinski definition) is 12. The molecule has 1 aliphatic heterocycles. The molecule has 16 heteroatoms. The van der Waals surface area contributed by atoms with Crippen LogP contribution < -0.4 is 16.4 Å². The zero-order valence-corrected chi connectivity index (χ0v) is 37.3. The molecule has 0 bridgehead atoms. The second kappa shape index (κ2) is 22.7. The number of thiazole rings is 1. The highest BCUT2D eigenvalue weighted by Crippen LogP contribution is 2.54. The van der Waals surface area contributed by atoms with Crippen molar-refractivity contribution in [2.24, 2.45) is 11.8 Å². The van der Waals surface area contributed by atoms with E-state index in [-0.39, 0.29) is 55.0 Å². The molecule has 3 rings (SSSR count). The van der Waals surface area contributed by atoms with Gasteiger partial charge >= 0.3 is 13.6 Å². The number of nitrogen functional groups attached to an aromatic ring is 1. The number of esters is 1. The van der Waals surface area contributed by atoms with Crippen LogP contribution in [0.15, 0.2) is 29.6 Å². The Hall–Kier alpha value is -3.36. The van der Waals surface area contributed by atoms with Gasteiger partial charge in [-0.05, 0) is 82.7 Å². The maximum Gasteiger partial charge on any atom is 0.333 e. The molecule has 0 radical (unpaired) electrons. The van der Waals surface area contributed by atoms with Crippen LogP contribution >= 0.6 is 18.9 Å². The van der Waals surface area contributed by atoms with Crippen LogP contribution in [0.25, 0.3) is 0 Å². The first-order valence-electron chi connectivity index (χ1n) is 20.4. The minimum atomic E-state index is -3.47. The first-order chi connectivity index (χ1) is 26.9. The fourth-order valence-electron chi connectivity index (χ4n) is 7.34. The van der Waals surface area contributed by atoms with Crippen molar-refractivity contribution in [2.45, 2.75) is 136 Å². The molecule has 0 spiro atoms. The zero-order chi connectivity index (χ0) is 42.4. The number of carbonyl (C=O) groups excluding carboxylic acids is 4. The van der Waals surface area contributed by atoms with Gasteiger partial charge < -0.3 is 35.1 Å². The van der Waals surface area contributed by atoms with Crippen molar-refractivity contribution in [3.8, 4) is 0 Å². The van der Waals surface area contributed by atoms with E-state index in [0.29, 0.717) is 30.0 Å². The van der Waals surface area contributed by atoms with Crippen molar-refractivity contribution in [3.05, 3.63) is 45.9 Å². The van der Waals surface area contributed by atoms with E-state index in [1.54, 1.807) is 50.2 Å². The Bertz CT molecular complexity index is 1650. The van der Waals surface area contributed by atoms with E-state index in [2.05, 4.69) is 15.6 Å². The van der Waals surface area contributed by atoms with Crippen molar-refractivity contribution < 1.29 is 37.5 Å². The second-order valence-electron chi connectivity index (χ2n) is 15.6. The highest BCUT2D eigenvalue weighted by atomic mass is 32.1. The molecule has 2 heterocycles. The average molecular weight is 835 g/mol. The Balaban J connectivity index is 1.85. The van der Waals surface area contributed by atoms with Crippen molar-refractivity contribution >= 4 is 48.3 Å². The van der Waals surface area contributed by atoms with Crippen LogP contribution in [0.1, 0.15) is 121 Å². The van der Waals surface area contributed by atoms with Crippen molar-refractivity contribution in [3.63, 3.8) is 0 Å². The van der Waals surface area contributed by atoms with E-state index in [1.165, 1.54) is 18.3 Å². The van der Waals surface area contributed by atoms with Crippen LogP contribution in [0.3, 0.4) is 0 Å². The van der Waals surface area contributed by atoms with Crippen molar-refractivity contribution in [1.29, 1.82) is 0 Å². The van der Waals surface area contributed by atoms with Gasteiger partial charge in [0.05, 0.1) is 24.9 Å². The number of nitrogens with zero attached hydrogens (tertiary/aromatic N) is 3. The molecule has 0 saturated carbocycles. The average Bonchev–Trinajstić information content (AvgIpc) is 3.66. The third kappa shape index (κ3) is 13.9. The third-order valence-corrected chi connectivity index (χ3v) is 14.3. The number of nitrogens with two attached hydrogens (primary N) is 1. The smallest absolute Gasteiger partial charge is 0.333 e. The number of hydrogen-bond donors (Lipinski definition) is 3. The predicted octanol–water partition coefficient (Wildman–Crippen LogP) is 6.60. The summed E-state index contributed by atoms with van der Waals surface area (Å²) in [5, 5.41) is 8.21. The van der Waals surface area contributed by atoms with Crippen molar-refractivity contribution in [2.75, 3.05) is 39.6 Å². The molecule has 57 heavy (non-hydrogen) atoms. The summed E-state index contributed by atoms with van der Waals surface area (Å²) < 4.78 is 30.7. The Kier molecular flexibility index (Phi) is 19.1. The van der Waals surface area contributed by atoms with Gasteiger partial charge in [-0.2, -0.15) is 0 Å². The molecule has 0 unspecified atom stereocenters. The molecule has 1 saturated heterocycles. The lowest BCUT2D eigenvalue weighted by molar-refractivity contribution is -0.149. The summed E-state index contributed by atoms with van der Waals surface area (Å²) in [5.74, 6) is -1.50. The summed E-state index contributed by atoms with van der Waals surface area (Å²) in [7, 11) is 0.205. The van der Waals surface area contributed by atoms with Crippen LogP contribution in [0.5, 0.6) is 0 Å². The number of benzene rings is 1. The molecule has 1 aromatic heterocycles. The summed E-state index contributed by atoms with van der Waals surface area (Å²) in [6.45, 7) is 15.8. The van der Waals surface area contributed by atoms with Gasteiger partial charge in [0.15, 0.2) is 6.10 Å². The number of anilines is 1. The highest BCUT2D eigenvalue weighted by molar-refractivity contribution is 7.54. The topological polar surface area (TPSA) is 182 Å². The lowest BCUT2D eigenvalue weighted by Crippen LogP contribution is -2.58. The molecule has 2 aromatic rings. The second-order valence-corrected chi connectivity index (χ2v) is 19.0. The lowest BCUT2D eigenvalue weighted by Gasteiger charge is -2.38. The number of likely N-dealkylation sites (N-methyl/N-ethyl adjacent to an activating group) is 2. The van der Waals surface area contributed by atoms with Gasteiger partial charge in [-0.15, -0.1) is 11.3 Å². The maximum atomic E-state index is 14.3. The van der Waals surface area contributed by atoms with Gasteiger partial charge in [-0.1, -0.05) is 59.6 Å². The van der Waals surface area contributed by atoms with E-state index in [4.69, 9.17) is 19.5 Å². The predicted molar refractivity (Wildman–Crippen MR) is 225 cm³/mol. The largest absolute Gasteiger partial charge is 0.455 e. The minimum absolute atomic E-state index is 0.0575. The summed E-state index contributed by atoms with van der Waals surface area (Å²) in [6, 6.07) is 5.46. The first-order valence-corrected chi connectivity index (χ1v) is 22.9. The molecule has 4 N–H and O–H groups in total. The monoisotopic (exact) mass is 834 g/mol. The summed E-state index contributed by atoms with van der Waals surface area (Å²) in [6.07, 6.45) is 3.54. The zero-order valence-electron chi connectivity index (χ0n) is 35.6. The number of ether oxygens (including phenoxy) is 1. The number of rotatable bonds is 22. The van der Waals surface area contributed by atoms with Gasteiger partial charge in [-0.25, -0.2) is 4.98 Å². The Labute approximate surface area is 343 Å². The fraction of sp³-hybridized carbons (Fsp3) is 0.683. The van der Waals surface area contributed by atoms with Gasteiger partial charge in [-0.3, -0.25) is 28.6 Å². The molecule has 0 aliphatic carbocycles. The number of carbonyl (C=O) groups is 4. The number of piperidine rings is 1. The van der Waals surface area contributed by atoms with Gasteiger partial charge in [0.2, 0.25) is 11.8 Å². The summed E-state index contributed by atoms with van der Waals surface area (Å²) in [5.41, 5.74) is 7.07. The lowest BCUT2D eigenvalue weighted by atomic mass is 9.92. The summed E-state index contributed by atoms with van der Waals surface area (Å²) in [4.78, 5) is 62.4. The molecule has 3 amide bonds. The molecule has 14 nitrogen and oxygen atoms in total. The van der Waals surface area contributed by atoms with E-state index >= 15 is 0 Å². The third-order valence-electron chi connectivity index (χ3n) is 10.8. The molecule has 320 valence electrons. The van der Waals surface area contributed by atoms with Crippen LogP contribution in [-0.2, 0) is 39.2 Å². The molecular formula is C41H67N6O8PS. The van der Waals surface area contributed by atoms with E-state index in [1.807, 2.05) is 51.8 Å². The molecule has 1 fully saturated rings. The highest BCUT2D eigenvalue weighted by Gasteiger charge is 2.38. The standard InChI is InChI=1S/C41H67N6O8PS/c1-11-27(6)37(45-39(50)34-16-14-15-21-46(34)9)41(51)47(10)35(26(4)5)24-36(55-29(8)48)40-44-33(25-57-40)38(49)43-32(23-30-17-19-31(42)20-18-30)22-28(7)56(52,53-12-2)54-13-3/h17-20,25-28,32,34-37H,11-16,21-24,42H2,1-10H3,(H,43,49)(H,45,50)/t27-,28-,32+,34+,35+,36+,37-/m0/s1. The number of amides is 3. The van der Waals surface area contributed by atoms with E-state index in [9.17, 15) is 23.7 Å². The molecule has 1 aromatic carbocycles. The Morgan fingerprint density at radius 3 is 2.23 bits per heavy atom. The van der Waals surface area contributed by atoms with Crippen LogP contribution in [0.2, 0.25) is 0 Å². The SMILES string of the molecule is CCOP(=O)(OCC)[C@@H](C)C[C@H](Cc1ccc(N)cc1)NC(=O)c1csc([C@@H](C[C@H](C(C)C)N(C)C(=O)[C@@H](NC(=O)[C@H]2CCCCN2C)[C@@H](C)CC)OC(C)=O)n1. The number of aromatic nitrogens is 1. The van der Waals surface area contributed by atoms with Crippen molar-refractivity contribution in [1.82, 2.24) is 25.4 Å². The van der Waals surface area contributed by atoms with Gasteiger partial charge in [0.1, 0.15) is 16.7 Å². The van der Waals surface area contributed by atoms with E-state index in [0.717, 1.165) is 31.4 Å². The van der Waals surface area contributed by atoms with Gasteiger partial charge in [0.25, 0.3) is 5.91 Å². The number of nitrogens with one attached hydrogen (secondary N) is 2. The minimum Gasteiger partial charge on any atom is -0.455 e. The fourth-order valence-corrected chi connectivity index (χ4v) is 10.00. The Morgan fingerprint density at radius 2 is 1.67 bits per heavy atom. The molecular weight excluding hydrogens is 768 g/mol. The summed E-state index contributed by atoms with van der Waals surface area (Å²) >= 11 is 1.19. The van der Waals surface area contributed by atoms with Crippen LogP contribution in [0, 0.1) is 11.8 Å². The maximum absolute atomic E-state index is 14.3. The molecule has 7 atom stereocenters. The van der Waals surface area contributed by atoms with Gasteiger partial charge in [0, 0.05) is 43.5 Å².